The van der Waals surface area contributed by atoms with Crippen LogP contribution in [0.3, 0.4) is 0 Å². The van der Waals surface area contributed by atoms with Crippen molar-refractivity contribution in [3.63, 3.8) is 0 Å². The fourth-order valence-corrected chi connectivity index (χ4v) is 3.02. The van der Waals surface area contributed by atoms with Gasteiger partial charge in [0, 0.05) is 13.7 Å². The number of hydrogen-bond acceptors (Lipinski definition) is 2. The van der Waals surface area contributed by atoms with E-state index in [0.717, 1.165) is 28.7 Å². The number of aromatic nitrogens is 2. The predicted molar refractivity (Wildman–Crippen MR) is 84.8 cm³/mol. The summed E-state index contributed by atoms with van der Waals surface area (Å²) in [6.45, 7) is 4.29. The molecule has 1 unspecified atom stereocenters. The molecule has 2 rings (SSSR count). The number of nitrogens with zero attached hydrogens (tertiary/aromatic N) is 2. The molecule has 0 saturated carbocycles. The fourth-order valence-electron chi connectivity index (χ4n) is 2.53. The molecule has 0 aliphatic rings. The Morgan fingerprint density at radius 3 is 2.50 bits per heavy atom. The van der Waals surface area contributed by atoms with Crippen LogP contribution in [0.2, 0.25) is 0 Å². The highest BCUT2D eigenvalue weighted by atomic mass is 79.9. The number of aryl methyl sites for hydroxylation is 3. The molecular weight excluding hydrogens is 316 g/mol. The number of aliphatic hydroxyl groups excluding tert-OH is 1. The zero-order valence-electron chi connectivity index (χ0n) is 12.2. The first-order valence-electron chi connectivity index (χ1n) is 6.86. The summed E-state index contributed by atoms with van der Waals surface area (Å²) in [5.74, 6) is 0.210. The van der Waals surface area contributed by atoms with E-state index < -0.39 is 0 Å². The van der Waals surface area contributed by atoms with Gasteiger partial charge < -0.3 is 5.11 Å². The first kappa shape index (κ1) is 15.3. The molecule has 0 aliphatic heterocycles. The van der Waals surface area contributed by atoms with Gasteiger partial charge in [0.1, 0.15) is 0 Å². The van der Waals surface area contributed by atoms with Crippen LogP contribution >= 0.6 is 15.9 Å². The van der Waals surface area contributed by atoms with Gasteiger partial charge in [0.15, 0.2) is 0 Å². The van der Waals surface area contributed by atoms with Crippen LogP contribution in [0.4, 0.5) is 0 Å². The largest absolute Gasteiger partial charge is 0.396 e. The Kier molecular flexibility index (Phi) is 5.00. The minimum Gasteiger partial charge on any atom is -0.396 e. The summed E-state index contributed by atoms with van der Waals surface area (Å²) in [5.41, 5.74) is 4.73. The minimum absolute atomic E-state index is 0.186. The van der Waals surface area contributed by atoms with Crippen molar-refractivity contribution >= 4 is 15.9 Å². The smallest absolute Gasteiger partial charge is 0.0738 e. The highest BCUT2D eigenvalue weighted by Crippen LogP contribution is 2.24. The van der Waals surface area contributed by atoms with E-state index in [2.05, 4.69) is 46.2 Å². The van der Waals surface area contributed by atoms with Crippen LogP contribution in [0.1, 0.15) is 22.5 Å². The molecule has 0 aliphatic carbocycles. The first-order valence-corrected chi connectivity index (χ1v) is 7.65. The van der Waals surface area contributed by atoms with E-state index in [9.17, 15) is 5.11 Å². The van der Waals surface area contributed by atoms with E-state index in [4.69, 9.17) is 0 Å². The molecular formula is C16H21BrN2O. The van der Waals surface area contributed by atoms with Gasteiger partial charge in [0.05, 0.1) is 15.9 Å². The van der Waals surface area contributed by atoms with Gasteiger partial charge in [-0.1, -0.05) is 24.3 Å². The Morgan fingerprint density at radius 2 is 1.95 bits per heavy atom. The van der Waals surface area contributed by atoms with Crippen molar-refractivity contribution in [3.8, 4) is 0 Å². The van der Waals surface area contributed by atoms with Gasteiger partial charge in [-0.2, -0.15) is 5.10 Å². The van der Waals surface area contributed by atoms with Crippen LogP contribution in [0.15, 0.2) is 28.7 Å². The standard InChI is InChI=1S/C16H21BrN2O/c1-11-6-4-5-7-14(11)8-13(10-20)9-15-16(17)12(2)18-19(15)3/h4-7,13,20H,8-10H2,1-3H3. The summed E-state index contributed by atoms with van der Waals surface area (Å²) in [6, 6.07) is 8.37. The molecule has 3 nitrogen and oxygen atoms in total. The van der Waals surface area contributed by atoms with Crippen molar-refractivity contribution in [1.82, 2.24) is 9.78 Å². The average molecular weight is 337 g/mol. The van der Waals surface area contributed by atoms with Crippen LogP contribution in [0, 0.1) is 19.8 Å². The fraction of sp³-hybridized carbons (Fsp3) is 0.438. The van der Waals surface area contributed by atoms with Crippen LogP contribution in [0.5, 0.6) is 0 Å². The second-order valence-corrected chi connectivity index (χ2v) is 6.15. The SMILES string of the molecule is Cc1ccccc1CC(CO)Cc1c(Br)c(C)nn1C. The number of halogens is 1. The van der Waals surface area contributed by atoms with Gasteiger partial charge in [-0.3, -0.25) is 4.68 Å². The summed E-state index contributed by atoms with van der Waals surface area (Å²) >= 11 is 3.59. The third kappa shape index (κ3) is 3.30. The lowest BCUT2D eigenvalue weighted by molar-refractivity contribution is 0.223. The third-order valence-electron chi connectivity index (χ3n) is 3.77. The lowest BCUT2D eigenvalue weighted by Gasteiger charge is -2.16. The van der Waals surface area contributed by atoms with Gasteiger partial charge in [-0.05, 0) is 59.7 Å². The topological polar surface area (TPSA) is 38.1 Å². The molecule has 0 bridgehead atoms. The summed E-state index contributed by atoms with van der Waals surface area (Å²) in [7, 11) is 1.95. The quantitative estimate of drug-likeness (QED) is 0.910. The number of hydrogen-bond donors (Lipinski definition) is 1. The van der Waals surface area contributed by atoms with E-state index in [1.54, 1.807) is 0 Å². The molecule has 4 heteroatoms. The van der Waals surface area contributed by atoms with Gasteiger partial charge in [-0.25, -0.2) is 0 Å². The molecule has 20 heavy (non-hydrogen) atoms. The maximum absolute atomic E-state index is 9.68. The Labute approximate surface area is 128 Å². The number of benzene rings is 1. The van der Waals surface area contributed by atoms with E-state index in [1.165, 1.54) is 11.1 Å². The maximum atomic E-state index is 9.68. The molecule has 1 aromatic heterocycles. The van der Waals surface area contributed by atoms with Crippen LogP contribution in [-0.4, -0.2) is 21.5 Å². The molecule has 1 aromatic carbocycles. The normalized spacial score (nSPS) is 12.7. The molecule has 0 spiro atoms. The zero-order valence-corrected chi connectivity index (χ0v) is 13.8. The summed E-state index contributed by atoms with van der Waals surface area (Å²) in [5, 5.41) is 14.1. The molecule has 1 atom stereocenters. The van der Waals surface area contributed by atoms with Crippen molar-refractivity contribution in [2.24, 2.45) is 13.0 Å². The second kappa shape index (κ2) is 6.55. The molecule has 0 saturated heterocycles. The Hall–Kier alpha value is -1.13. The molecule has 0 radical (unpaired) electrons. The number of rotatable bonds is 5. The Bertz CT molecular complexity index is 592. The van der Waals surface area contributed by atoms with E-state index in [-0.39, 0.29) is 12.5 Å². The van der Waals surface area contributed by atoms with Crippen LogP contribution in [-0.2, 0) is 19.9 Å². The van der Waals surface area contributed by atoms with E-state index >= 15 is 0 Å². The molecule has 1 N–H and O–H groups in total. The van der Waals surface area contributed by atoms with Crippen LogP contribution in [0.25, 0.3) is 0 Å². The lowest BCUT2D eigenvalue weighted by atomic mass is 9.93. The Morgan fingerprint density at radius 1 is 1.25 bits per heavy atom. The highest BCUT2D eigenvalue weighted by molar-refractivity contribution is 9.10. The highest BCUT2D eigenvalue weighted by Gasteiger charge is 2.17. The molecule has 1 heterocycles. The minimum atomic E-state index is 0.186. The van der Waals surface area contributed by atoms with Gasteiger partial charge in [0.25, 0.3) is 0 Å². The first-order chi connectivity index (χ1) is 9.52. The van der Waals surface area contributed by atoms with Gasteiger partial charge in [0.2, 0.25) is 0 Å². The molecule has 2 aromatic rings. The van der Waals surface area contributed by atoms with Crippen molar-refractivity contribution < 1.29 is 5.11 Å². The predicted octanol–water partition coefficient (Wildman–Crippen LogP) is 3.19. The van der Waals surface area contributed by atoms with Gasteiger partial charge >= 0.3 is 0 Å². The van der Waals surface area contributed by atoms with E-state index in [0.29, 0.717) is 0 Å². The Balaban J connectivity index is 2.15. The molecule has 0 fully saturated rings. The summed E-state index contributed by atoms with van der Waals surface area (Å²) < 4.78 is 2.96. The maximum Gasteiger partial charge on any atom is 0.0738 e. The van der Waals surface area contributed by atoms with Crippen molar-refractivity contribution in [3.05, 3.63) is 51.3 Å². The summed E-state index contributed by atoms with van der Waals surface area (Å²) in [4.78, 5) is 0. The monoisotopic (exact) mass is 336 g/mol. The van der Waals surface area contributed by atoms with Crippen LogP contribution < -0.4 is 0 Å². The van der Waals surface area contributed by atoms with Crippen molar-refractivity contribution in [2.45, 2.75) is 26.7 Å². The van der Waals surface area contributed by atoms with Gasteiger partial charge in [-0.15, -0.1) is 0 Å². The molecule has 108 valence electrons. The number of aliphatic hydroxyl groups is 1. The summed E-state index contributed by atoms with van der Waals surface area (Å²) in [6.07, 6.45) is 1.71. The zero-order chi connectivity index (χ0) is 14.7. The van der Waals surface area contributed by atoms with Crippen molar-refractivity contribution in [1.29, 1.82) is 0 Å². The second-order valence-electron chi connectivity index (χ2n) is 5.35. The third-order valence-corrected chi connectivity index (χ3v) is 4.80. The van der Waals surface area contributed by atoms with Crippen molar-refractivity contribution in [2.75, 3.05) is 6.61 Å². The van der Waals surface area contributed by atoms with E-state index in [1.807, 2.05) is 24.7 Å². The average Bonchev–Trinajstić information content (AvgIpc) is 2.66. The molecule has 0 amide bonds. The lowest BCUT2D eigenvalue weighted by Crippen LogP contribution is -2.16.